The average molecular weight is 249 g/mol. The van der Waals surface area contributed by atoms with Crippen LogP contribution >= 0.6 is 11.8 Å². The first kappa shape index (κ1) is 15.2. The van der Waals surface area contributed by atoms with E-state index in [2.05, 4.69) is 5.32 Å². The molecule has 0 saturated heterocycles. The topological polar surface area (TPSA) is 75.6 Å². The van der Waals surface area contributed by atoms with Crippen LogP contribution in [0.2, 0.25) is 0 Å². The molecule has 0 bridgehead atoms. The van der Waals surface area contributed by atoms with Crippen molar-refractivity contribution in [1.82, 2.24) is 5.32 Å². The summed E-state index contributed by atoms with van der Waals surface area (Å²) in [4.78, 5) is 21.4. The number of nitrogens with one attached hydrogen (secondary N) is 1. The summed E-state index contributed by atoms with van der Waals surface area (Å²) in [6.07, 6.45) is 0.967. The summed E-state index contributed by atoms with van der Waals surface area (Å²) in [6.45, 7) is 4.44. The molecule has 0 aliphatic carbocycles. The fourth-order valence-corrected chi connectivity index (χ4v) is 1.37. The smallest absolute Gasteiger partial charge is 0.313 e. The van der Waals surface area contributed by atoms with E-state index in [1.165, 1.54) is 11.8 Å². The number of hydrogen-bond donors (Lipinski definition) is 2. The van der Waals surface area contributed by atoms with Crippen molar-refractivity contribution in [2.24, 2.45) is 0 Å². The van der Waals surface area contributed by atoms with Crippen LogP contribution in [-0.2, 0) is 14.3 Å². The van der Waals surface area contributed by atoms with Crippen LogP contribution in [-0.4, -0.2) is 47.7 Å². The minimum Gasteiger partial charge on any atom is -0.481 e. The van der Waals surface area contributed by atoms with Crippen LogP contribution < -0.4 is 5.32 Å². The molecule has 0 saturated carbocycles. The fraction of sp³-hybridized carbons (Fsp3) is 0.800. The van der Waals surface area contributed by atoms with E-state index < -0.39 is 5.97 Å². The lowest BCUT2D eigenvalue weighted by Crippen LogP contribution is -2.31. The number of aliphatic carboxylic acids is 1. The Morgan fingerprint density at radius 1 is 1.50 bits per heavy atom. The number of ether oxygens (including phenoxy) is 1. The molecule has 5 nitrogen and oxygen atoms in total. The maximum Gasteiger partial charge on any atom is 0.313 e. The van der Waals surface area contributed by atoms with Crippen molar-refractivity contribution < 1.29 is 19.4 Å². The van der Waals surface area contributed by atoms with Crippen molar-refractivity contribution >= 4 is 23.6 Å². The van der Waals surface area contributed by atoms with Gasteiger partial charge in [0, 0.05) is 12.3 Å². The van der Waals surface area contributed by atoms with Gasteiger partial charge in [-0.3, -0.25) is 9.59 Å². The quantitative estimate of drug-likeness (QED) is 0.589. The van der Waals surface area contributed by atoms with Gasteiger partial charge >= 0.3 is 5.97 Å². The van der Waals surface area contributed by atoms with Crippen molar-refractivity contribution in [3.8, 4) is 0 Å². The highest BCUT2D eigenvalue weighted by molar-refractivity contribution is 7.99. The Hall–Kier alpha value is -0.750. The van der Waals surface area contributed by atoms with Crippen LogP contribution in [0.1, 0.15) is 20.3 Å². The van der Waals surface area contributed by atoms with Gasteiger partial charge < -0.3 is 15.2 Å². The first-order valence-corrected chi connectivity index (χ1v) is 6.39. The summed E-state index contributed by atoms with van der Waals surface area (Å²) < 4.78 is 5.24. The zero-order chi connectivity index (χ0) is 12.4. The number of carbonyl (C=O) groups is 2. The standard InChI is InChI=1S/C10H19NO4S/c1-3-8(2)15-6-9(12)11-4-5-16-7-10(13)14/h8H,3-7H2,1-2H3,(H,11,12)(H,13,14). The van der Waals surface area contributed by atoms with Crippen LogP contribution in [0, 0.1) is 0 Å². The predicted molar refractivity (Wildman–Crippen MR) is 63.7 cm³/mol. The maximum atomic E-state index is 11.2. The second-order valence-electron chi connectivity index (χ2n) is 3.33. The first-order chi connectivity index (χ1) is 7.56. The molecular formula is C10H19NO4S. The number of rotatable bonds is 9. The third-order valence-corrected chi connectivity index (χ3v) is 2.81. The van der Waals surface area contributed by atoms with Gasteiger partial charge in [0.05, 0.1) is 11.9 Å². The molecule has 94 valence electrons. The number of carbonyl (C=O) groups excluding carboxylic acids is 1. The van der Waals surface area contributed by atoms with Crippen molar-refractivity contribution in [2.45, 2.75) is 26.4 Å². The molecule has 2 N–H and O–H groups in total. The second kappa shape index (κ2) is 9.47. The monoisotopic (exact) mass is 249 g/mol. The van der Waals surface area contributed by atoms with E-state index >= 15 is 0 Å². The van der Waals surface area contributed by atoms with Gasteiger partial charge in [-0.15, -0.1) is 11.8 Å². The van der Waals surface area contributed by atoms with Crippen molar-refractivity contribution in [1.29, 1.82) is 0 Å². The zero-order valence-corrected chi connectivity index (χ0v) is 10.5. The Labute approximate surface area is 99.9 Å². The van der Waals surface area contributed by atoms with Crippen LogP contribution in [0.5, 0.6) is 0 Å². The lowest BCUT2D eigenvalue weighted by Gasteiger charge is -2.10. The fourth-order valence-electron chi connectivity index (χ4n) is 0.809. The molecule has 0 aliphatic heterocycles. The van der Waals surface area contributed by atoms with E-state index in [0.29, 0.717) is 12.3 Å². The third-order valence-electron chi connectivity index (χ3n) is 1.87. The van der Waals surface area contributed by atoms with Crippen molar-refractivity contribution in [3.05, 3.63) is 0 Å². The molecular weight excluding hydrogens is 230 g/mol. The molecule has 0 aromatic carbocycles. The van der Waals surface area contributed by atoms with Crippen LogP contribution in [0.4, 0.5) is 0 Å². The zero-order valence-electron chi connectivity index (χ0n) is 9.69. The molecule has 0 aliphatic rings. The lowest BCUT2D eigenvalue weighted by atomic mass is 10.3. The molecule has 0 fully saturated rings. The number of amides is 1. The van der Waals surface area contributed by atoms with Gasteiger partial charge in [-0.2, -0.15) is 0 Å². The van der Waals surface area contributed by atoms with Gasteiger partial charge in [0.1, 0.15) is 6.61 Å². The summed E-state index contributed by atoms with van der Waals surface area (Å²) in [7, 11) is 0. The second-order valence-corrected chi connectivity index (χ2v) is 4.43. The molecule has 0 rings (SSSR count). The SMILES string of the molecule is CCC(C)OCC(=O)NCCSCC(=O)O. The molecule has 16 heavy (non-hydrogen) atoms. The van der Waals surface area contributed by atoms with Crippen LogP contribution in [0.15, 0.2) is 0 Å². The lowest BCUT2D eigenvalue weighted by molar-refractivity contribution is -0.134. The Balaban J connectivity index is 3.33. The molecule has 0 aromatic heterocycles. The maximum absolute atomic E-state index is 11.2. The van der Waals surface area contributed by atoms with Crippen LogP contribution in [0.25, 0.3) is 0 Å². The number of carboxylic acids is 1. The number of hydrogen-bond acceptors (Lipinski definition) is 4. The van der Waals surface area contributed by atoms with Gasteiger partial charge in [-0.25, -0.2) is 0 Å². The van der Waals surface area contributed by atoms with Gasteiger partial charge in [0.25, 0.3) is 0 Å². The molecule has 1 atom stereocenters. The molecule has 1 amide bonds. The summed E-state index contributed by atoms with van der Waals surface area (Å²) in [6, 6.07) is 0. The largest absolute Gasteiger partial charge is 0.481 e. The Morgan fingerprint density at radius 3 is 2.75 bits per heavy atom. The highest BCUT2D eigenvalue weighted by Gasteiger charge is 2.04. The van der Waals surface area contributed by atoms with Crippen molar-refractivity contribution in [3.63, 3.8) is 0 Å². The van der Waals surface area contributed by atoms with Gasteiger partial charge in [0.2, 0.25) is 5.91 Å². The molecule has 6 heteroatoms. The number of thioether (sulfide) groups is 1. The van der Waals surface area contributed by atoms with Crippen LogP contribution in [0.3, 0.4) is 0 Å². The minimum atomic E-state index is -0.837. The van der Waals surface area contributed by atoms with Gasteiger partial charge in [0.15, 0.2) is 0 Å². The molecule has 0 radical (unpaired) electrons. The van der Waals surface area contributed by atoms with Gasteiger partial charge in [-0.05, 0) is 13.3 Å². The predicted octanol–water partition coefficient (Wildman–Crippen LogP) is 0.735. The van der Waals surface area contributed by atoms with E-state index in [0.717, 1.165) is 6.42 Å². The highest BCUT2D eigenvalue weighted by atomic mass is 32.2. The Morgan fingerprint density at radius 2 is 2.19 bits per heavy atom. The summed E-state index contributed by atoms with van der Waals surface area (Å²) in [5, 5.41) is 11.0. The van der Waals surface area contributed by atoms with Crippen molar-refractivity contribution in [2.75, 3.05) is 24.7 Å². The molecule has 0 spiro atoms. The van der Waals surface area contributed by atoms with Gasteiger partial charge in [-0.1, -0.05) is 6.92 Å². The third kappa shape index (κ3) is 9.79. The van der Waals surface area contributed by atoms with E-state index in [9.17, 15) is 9.59 Å². The Bertz CT molecular complexity index is 223. The minimum absolute atomic E-state index is 0.0681. The van der Waals surface area contributed by atoms with E-state index in [1.54, 1.807) is 0 Å². The highest BCUT2D eigenvalue weighted by Crippen LogP contribution is 1.97. The molecule has 0 aromatic rings. The van der Waals surface area contributed by atoms with E-state index in [1.807, 2.05) is 13.8 Å². The average Bonchev–Trinajstić information content (AvgIpc) is 2.24. The Kier molecular flexibility index (Phi) is 9.03. The molecule has 1 unspecified atom stereocenters. The van der Waals surface area contributed by atoms with E-state index in [4.69, 9.17) is 9.84 Å². The molecule has 0 heterocycles. The van der Waals surface area contributed by atoms with E-state index in [-0.39, 0.29) is 24.4 Å². The number of carboxylic acid groups (broad SMARTS) is 1. The normalized spacial score (nSPS) is 12.1. The summed E-state index contributed by atoms with van der Waals surface area (Å²) in [5.41, 5.74) is 0. The summed E-state index contributed by atoms with van der Waals surface area (Å²) >= 11 is 1.28. The summed E-state index contributed by atoms with van der Waals surface area (Å²) in [5.74, 6) is -0.326. The first-order valence-electron chi connectivity index (χ1n) is 5.24.